The first-order chi connectivity index (χ1) is 15.5. The molecular formula is C22H29FN6O3. The van der Waals surface area contributed by atoms with Crippen LogP contribution in [0.2, 0.25) is 0 Å². The predicted octanol–water partition coefficient (Wildman–Crippen LogP) is 3.08. The maximum atomic E-state index is 13.5. The summed E-state index contributed by atoms with van der Waals surface area (Å²) in [6, 6.07) is 5.26. The Hall–Kier alpha value is -3.30. The van der Waals surface area contributed by atoms with E-state index in [0.717, 1.165) is 19.4 Å². The average molecular weight is 445 g/mol. The quantitative estimate of drug-likeness (QED) is 0.506. The summed E-state index contributed by atoms with van der Waals surface area (Å²) in [6.07, 6.45) is 4.84. The summed E-state index contributed by atoms with van der Waals surface area (Å²) < 4.78 is 18.5. The standard InChI is InChI=1S/C22H29FN6O3/c1-2-3-12-25-22-26-13-18(28-29-22)19(14-4-8-16(23)9-5-14)27-20(30)15-6-10-17(11-7-15)32-21(24)31/h4-5,8-9,13,15,17,19H,2-3,6-7,10-12H2,1H3,(H2,24,31)(H,27,30)(H,25,26,29). The van der Waals surface area contributed by atoms with Crippen molar-refractivity contribution in [1.82, 2.24) is 20.5 Å². The van der Waals surface area contributed by atoms with Crippen LogP contribution in [0.5, 0.6) is 0 Å². The number of unbranched alkanes of at least 4 members (excludes halogenated alkanes) is 1. The number of ether oxygens (including phenoxy) is 1. The molecule has 0 aliphatic heterocycles. The van der Waals surface area contributed by atoms with E-state index in [9.17, 15) is 14.0 Å². The molecule has 2 aromatic rings. The van der Waals surface area contributed by atoms with E-state index < -0.39 is 12.1 Å². The predicted molar refractivity (Wildman–Crippen MR) is 116 cm³/mol. The minimum Gasteiger partial charge on any atom is -0.446 e. The van der Waals surface area contributed by atoms with Crippen LogP contribution in [0.1, 0.15) is 62.7 Å². The van der Waals surface area contributed by atoms with E-state index in [0.29, 0.717) is 42.9 Å². The second-order valence-electron chi connectivity index (χ2n) is 7.89. The highest BCUT2D eigenvalue weighted by Crippen LogP contribution is 2.28. The Bertz CT molecular complexity index is 886. The number of primary amides is 1. The fourth-order valence-electron chi connectivity index (χ4n) is 3.72. The molecule has 1 unspecified atom stereocenters. The maximum Gasteiger partial charge on any atom is 0.404 e. The van der Waals surface area contributed by atoms with Gasteiger partial charge in [0.1, 0.15) is 17.6 Å². The van der Waals surface area contributed by atoms with Crippen LogP contribution < -0.4 is 16.4 Å². The molecule has 3 rings (SSSR count). The number of hydrogen-bond donors (Lipinski definition) is 3. The lowest BCUT2D eigenvalue weighted by atomic mass is 9.86. The van der Waals surface area contributed by atoms with Gasteiger partial charge in [-0.3, -0.25) is 4.79 Å². The van der Waals surface area contributed by atoms with E-state index in [2.05, 4.69) is 32.7 Å². The minimum atomic E-state index is -0.798. The molecule has 4 N–H and O–H groups in total. The number of aromatic nitrogens is 3. The summed E-state index contributed by atoms with van der Waals surface area (Å²) in [4.78, 5) is 28.2. The largest absolute Gasteiger partial charge is 0.446 e. The minimum absolute atomic E-state index is 0.149. The van der Waals surface area contributed by atoms with Gasteiger partial charge in [0.05, 0.1) is 12.2 Å². The average Bonchev–Trinajstić information content (AvgIpc) is 2.79. The number of anilines is 1. The van der Waals surface area contributed by atoms with Gasteiger partial charge in [-0.05, 0) is 49.8 Å². The molecule has 1 aromatic carbocycles. The van der Waals surface area contributed by atoms with Crippen molar-refractivity contribution in [1.29, 1.82) is 0 Å². The normalized spacial score (nSPS) is 19.1. The molecule has 1 aliphatic carbocycles. The van der Waals surface area contributed by atoms with E-state index in [1.54, 1.807) is 18.3 Å². The van der Waals surface area contributed by atoms with Gasteiger partial charge in [-0.15, -0.1) is 10.2 Å². The summed E-state index contributed by atoms with van der Waals surface area (Å²) >= 11 is 0. The Morgan fingerprint density at radius 1 is 1.19 bits per heavy atom. The monoisotopic (exact) mass is 444 g/mol. The fraction of sp³-hybridized carbons (Fsp3) is 0.500. The molecule has 0 spiro atoms. The lowest BCUT2D eigenvalue weighted by Gasteiger charge is -2.28. The first-order valence-electron chi connectivity index (χ1n) is 10.9. The van der Waals surface area contributed by atoms with Crippen LogP contribution >= 0.6 is 0 Å². The highest BCUT2D eigenvalue weighted by atomic mass is 19.1. The molecule has 1 aliphatic rings. The molecule has 1 fully saturated rings. The number of nitrogens with two attached hydrogens (primary N) is 1. The van der Waals surface area contributed by atoms with Crippen molar-refractivity contribution < 1.29 is 18.7 Å². The molecule has 2 amide bonds. The van der Waals surface area contributed by atoms with Crippen LogP contribution in [0.25, 0.3) is 0 Å². The van der Waals surface area contributed by atoms with Gasteiger partial charge in [-0.1, -0.05) is 25.5 Å². The van der Waals surface area contributed by atoms with Crippen molar-refractivity contribution in [2.24, 2.45) is 11.7 Å². The van der Waals surface area contributed by atoms with Crippen molar-refractivity contribution in [3.8, 4) is 0 Å². The lowest BCUT2D eigenvalue weighted by molar-refractivity contribution is -0.127. The van der Waals surface area contributed by atoms with E-state index in [1.807, 2.05) is 0 Å². The Kier molecular flexibility index (Phi) is 8.29. The van der Waals surface area contributed by atoms with Crippen molar-refractivity contribution >= 4 is 17.9 Å². The second kappa shape index (κ2) is 11.4. The number of nitrogens with zero attached hydrogens (tertiary/aromatic N) is 3. The van der Waals surface area contributed by atoms with Crippen molar-refractivity contribution in [3.63, 3.8) is 0 Å². The maximum absolute atomic E-state index is 13.5. The summed E-state index contributed by atoms with van der Waals surface area (Å²) in [6.45, 7) is 2.84. The zero-order valence-electron chi connectivity index (χ0n) is 18.1. The van der Waals surface area contributed by atoms with Gasteiger partial charge >= 0.3 is 6.09 Å². The number of hydrogen-bond acceptors (Lipinski definition) is 7. The molecule has 1 heterocycles. The molecule has 0 saturated heterocycles. The summed E-state index contributed by atoms with van der Waals surface area (Å²) in [5.74, 6) is -0.337. The highest BCUT2D eigenvalue weighted by molar-refractivity contribution is 5.79. The second-order valence-corrected chi connectivity index (χ2v) is 7.89. The van der Waals surface area contributed by atoms with Gasteiger partial charge in [-0.25, -0.2) is 14.2 Å². The van der Waals surface area contributed by atoms with Crippen LogP contribution in [0.3, 0.4) is 0 Å². The van der Waals surface area contributed by atoms with E-state index in [4.69, 9.17) is 10.5 Å². The molecule has 32 heavy (non-hydrogen) atoms. The zero-order chi connectivity index (χ0) is 22.9. The first-order valence-corrected chi connectivity index (χ1v) is 10.9. The lowest BCUT2D eigenvalue weighted by Crippen LogP contribution is -2.38. The number of amides is 2. The number of carbonyl (C=O) groups is 2. The van der Waals surface area contributed by atoms with E-state index in [-0.39, 0.29) is 23.7 Å². The molecule has 1 aromatic heterocycles. The number of benzene rings is 1. The molecule has 10 heteroatoms. The van der Waals surface area contributed by atoms with E-state index >= 15 is 0 Å². The van der Waals surface area contributed by atoms with Crippen LogP contribution in [0.4, 0.5) is 15.1 Å². The van der Waals surface area contributed by atoms with Crippen LogP contribution in [0, 0.1) is 11.7 Å². The molecule has 9 nitrogen and oxygen atoms in total. The van der Waals surface area contributed by atoms with Crippen LogP contribution in [0.15, 0.2) is 30.5 Å². The molecule has 1 saturated carbocycles. The number of nitrogens with one attached hydrogen (secondary N) is 2. The SMILES string of the molecule is CCCCNc1ncc(C(NC(=O)C2CCC(OC(N)=O)CC2)c2ccc(F)cc2)nn1. The Morgan fingerprint density at radius 2 is 1.91 bits per heavy atom. The fourth-order valence-corrected chi connectivity index (χ4v) is 3.72. The number of carbonyl (C=O) groups excluding carboxylic acids is 2. The highest BCUT2D eigenvalue weighted by Gasteiger charge is 2.30. The number of rotatable bonds is 9. The van der Waals surface area contributed by atoms with Crippen molar-refractivity contribution in [3.05, 3.63) is 47.5 Å². The van der Waals surface area contributed by atoms with Crippen LogP contribution in [-0.4, -0.2) is 39.8 Å². The third-order valence-electron chi connectivity index (χ3n) is 5.51. The molecule has 0 bridgehead atoms. The molecule has 1 atom stereocenters. The van der Waals surface area contributed by atoms with E-state index in [1.165, 1.54) is 12.1 Å². The number of halogens is 1. The summed E-state index contributed by atoms with van der Waals surface area (Å²) in [7, 11) is 0. The van der Waals surface area contributed by atoms with Gasteiger partial charge in [0, 0.05) is 12.5 Å². The zero-order valence-corrected chi connectivity index (χ0v) is 18.1. The van der Waals surface area contributed by atoms with Gasteiger partial charge in [0.25, 0.3) is 0 Å². The Balaban J connectivity index is 1.70. The first kappa shape index (κ1) is 23.4. The Morgan fingerprint density at radius 3 is 2.50 bits per heavy atom. The van der Waals surface area contributed by atoms with Gasteiger partial charge in [-0.2, -0.15) is 0 Å². The smallest absolute Gasteiger partial charge is 0.404 e. The Labute approximate surface area is 186 Å². The molecule has 172 valence electrons. The van der Waals surface area contributed by atoms with Crippen molar-refractivity contribution in [2.75, 3.05) is 11.9 Å². The van der Waals surface area contributed by atoms with Crippen molar-refractivity contribution in [2.45, 2.75) is 57.6 Å². The van der Waals surface area contributed by atoms with Crippen LogP contribution in [-0.2, 0) is 9.53 Å². The van der Waals surface area contributed by atoms with Gasteiger partial charge < -0.3 is 21.1 Å². The molecule has 0 radical (unpaired) electrons. The summed E-state index contributed by atoms with van der Waals surface area (Å²) in [5, 5.41) is 14.5. The van der Waals surface area contributed by atoms with Gasteiger partial charge in [0.2, 0.25) is 11.9 Å². The third kappa shape index (κ3) is 6.60. The third-order valence-corrected chi connectivity index (χ3v) is 5.51. The van der Waals surface area contributed by atoms with Gasteiger partial charge in [0.15, 0.2) is 0 Å². The summed E-state index contributed by atoms with van der Waals surface area (Å²) in [5.41, 5.74) is 6.21. The topological polar surface area (TPSA) is 132 Å². The molecular weight excluding hydrogens is 415 g/mol.